The standard InChI is InChI=1S/C16H16ClFN4O/c17-12-2-1-3-13(18)11(12)4-5-15(23)22-7-6-10-8-20-16(19)21-14(10)9-22/h1-3,8H,4-7,9H2,(H2,19,20,21). The third kappa shape index (κ3) is 3.42. The fourth-order valence-corrected chi connectivity index (χ4v) is 2.95. The number of aromatic nitrogens is 2. The number of hydrogen-bond donors (Lipinski definition) is 1. The van der Waals surface area contributed by atoms with Crippen LogP contribution in [-0.2, 0) is 24.2 Å². The van der Waals surface area contributed by atoms with E-state index in [1.54, 1.807) is 23.2 Å². The van der Waals surface area contributed by atoms with Crippen LogP contribution >= 0.6 is 11.6 Å². The molecule has 2 heterocycles. The number of amides is 1. The molecule has 23 heavy (non-hydrogen) atoms. The van der Waals surface area contributed by atoms with E-state index in [2.05, 4.69) is 9.97 Å². The second kappa shape index (κ2) is 6.50. The second-order valence-electron chi connectivity index (χ2n) is 5.47. The van der Waals surface area contributed by atoms with Gasteiger partial charge in [-0.3, -0.25) is 4.79 Å². The first-order valence-corrected chi connectivity index (χ1v) is 7.73. The average Bonchev–Trinajstić information content (AvgIpc) is 2.53. The van der Waals surface area contributed by atoms with Crippen LogP contribution in [0.5, 0.6) is 0 Å². The Morgan fingerprint density at radius 3 is 3.04 bits per heavy atom. The van der Waals surface area contributed by atoms with Crippen LogP contribution in [0.1, 0.15) is 23.2 Å². The fourth-order valence-electron chi connectivity index (χ4n) is 2.69. The highest BCUT2D eigenvalue weighted by Gasteiger charge is 2.22. The number of nitrogens with two attached hydrogens (primary N) is 1. The van der Waals surface area contributed by atoms with E-state index in [0.29, 0.717) is 30.1 Å². The minimum absolute atomic E-state index is 0.0489. The maximum absolute atomic E-state index is 13.7. The molecule has 0 radical (unpaired) electrons. The highest BCUT2D eigenvalue weighted by molar-refractivity contribution is 6.31. The van der Waals surface area contributed by atoms with Crippen molar-refractivity contribution in [2.24, 2.45) is 0 Å². The van der Waals surface area contributed by atoms with Crippen LogP contribution in [0.4, 0.5) is 10.3 Å². The lowest BCUT2D eigenvalue weighted by molar-refractivity contribution is -0.132. The molecular formula is C16H16ClFN4O. The molecule has 1 aliphatic rings. The molecule has 0 atom stereocenters. The Kier molecular flexibility index (Phi) is 4.43. The summed E-state index contributed by atoms with van der Waals surface area (Å²) < 4.78 is 13.7. The second-order valence-corrected chi connectivity index (χ2v) is 5.87. The summed E-state index contributed by atoms with van der Waals surface area (Å²) in [5.41, 5.74) is 7.76. The van der Waals surface area contributed by atoms with Crippen molar-refractivity contribution in [2.75, 3.05) is 12.3 Å². The Hall–Kier alpha value is -2.21. The van der Waals surface area contributed by atoms with Gasteiger partial charge in [0.05, 0.1) is 12.2 Å². The van der Waals surface area contributed by atoms with Crippen LogP contribution in [0.15, 0.2) is 24.4 Å². The summed E-state index contributed by atoms with van der Waals surface area (Å²) in [4.78, 5) is 22.2. The van der Waals surface area contributed by atoms with Gasteiger partial charge in [0, 0.05) is 29.7 Å². The predicted molar refractivity (Wildman–Crippen MR) is 85.3 cm³/mol. The van der Waals surface area contributed by atoms with Gasteiger partial charge in [-0.15, -0.1) is 0 Å². The van der Waals surface area contributed by atoms with Gasteiger partial charge in [0.1, 0.15) is 5.82 Å². The van der Waals surface area contributed by atoms with Crippen LogP contribution in [0.3, 0.4) is 0 Å². The summed E-state index contributed by atoms with van der Waals surface area (Å²) in [5, 5.41) is 0.349. The lowest BCUT2D eigenvalue weighted by Crippen LogP contribution is -2.36. The number of rotatable bonds is 3. The molecule has 0 fully saturated rings. The molecule has 2 N–H and O–H groups in total. The number of hydrogen-bond acceptors (Lipinski definition) is 4. The molecule has 0 aliphatic carbocycles. The Bertz CT molecular complexity index is 733. The van der Waals surface area contributed by atoms with Gasteiger partial charge in [-0.2, -0.15) is 0 Å². The van der Waals surface area contributed by atoms with Crippen molar-refractivity contribution in [3.8, 4) is 0 Å². The predicted octanol–water partition coefficient (Wildman–Crippen LogP) is 2.37. The molecular weight excluding hydrogens is 319 g/mol. The van der Waals surface area contributed by atoms with Gasteiger partial charge in [-0.25, -0.2) is 14.4 Å². The Morgan fingerprint density at radius 1 is 1.43 bits per heavy atom. The maximum Gasteiger partial charge on any atom is 0.223 e. The quantitative estimate of drug-likeness (QED) is 0.935. The maximum atomic E-state index is 13.7. The molecule has 0 spiro atoms. The van der Waals surface area contributed by atoms with Crippen LogP contribution < -0.4 is 5.73 Å². The largest absolute Gasteiger partial charge is 0.368 e. The summed E-state index contributed by atoms with van der Waals surface area (Å²) in [5.74, 6) is -0.224. The first kappa shape index (κ1) is 15.7. The minimum atomic E-state index is -0.380. The van der Waals surface area contributed by atoms with Crippen LogP contribution in [-0.4, -0.2) is 27.3 Å². The minimum Gasteiger partial charge on any atom is -0.368 e. The van der Waals surface area contributed by atoms with Crippen molar-refractivity contribution >= 4 is 23.5 Å². The highest BCUT2D eigenvalue weighted by Crippen LogP contribution is 2.22. The lowest BCUT2D eigenvalue weighted by Gasteiger charge is -2.28. The number of benzene rings is 1. The van der Waals surface area contributed by atoms with Crippen molar-refractivity contribution in [1.29, 1.82) is 0 Å². The Morgan fingerprint density at radius 2 is 2.26 bits per heavy atom. The lowest BCUT2D eigenvalue weighted by atomic mass is 10.0. The smallest absolute Gasteiger partial charge is 0.223 e. The summed E-state index contributed by atoms with van der Waals surface area (Å²) in [7, 11) is 0. The van der Waals surface area contributed by atoms with Gasteiger partial charge < -0.3 is 10.6 Å². The monoisotopic (exact) mass is 334 g/mol. The van der Waals surface area contributed by atoms with Crippen molar-refractivity contribution in [3.63, 3.8) is 0 Å². The van der Waals surface area contributed by atoms with Crippen molar-refractivity contribution < 1.29 is 9.18 Å². The van der Waals surface area contributed by atoms with Gasteiger partial charge in [0.2, 0.25) is 11.9 Å². The zero-order valence-electron chi connectivity index (χ0n) is 12.4. The molecule has 5 nitrogen and oxygen atoms in total. The van der Waals surface area contributed by atoms with E-state index in [1.807, 2.05) is 0 Å². The van der Waals surface area contributed by atoms with Crippen molar-refractivity contribution in [1.82, 2.24) is 14.9 Å². The van der Waals surface area contributed by atoms with E-state index in [0.717, 1.165) is 11.3 Å². The number of nitrogens with zero attached hydrogens (tertiary/aromatic N) is 3. The van der Waals surface area contributed by atoms with Gasteiger partial charge in [-0.1, -0.05) is 17.7 Å². The summed E-state index contributed by atoms with van der Waals surface area (Å²) >= 11 is 5.99. The zero-order chi connectivity index (χ0) is 16.4. The van der Waals surface area contributed by atoms with Crippen molar-refractivity contribution in [3.05, 3.63) is 52.1 Å². The van der Waals surface area contributed by atoms with E-state index in [1.165, 1.54) is 6.07 Å². The molecule has 0 saturated heterocycles. The van der Waals surface area contributed by atoms with Crippen LogP contribution in [0.2, 0.25) is 5.02 Å². The number of nitrogen functional groups attached to an aromatic ring is 1. The zero-order valence-corrected chi connectivity index (χ0v) is 13.2. The molecule has 3 rings (SSSR count). The van der Waals surface area contributed by atoms with Crippen molar-refractivity contribution in [2.45, 2.75) is 25.8 Å². The third-order valence-electron chi connectivity index (χ3n) is 3.97. The normalized spacial score (nSPS) is 13.7. The molecule has 0 unspecified atom stereocenters. The number of halogens is 2. The number of anilines is 1. The summed E-state index contributed by atoms with van der Waals surface area (Å²) in [6.45, 7) is 1.01. The SMILES string of the molecule is Nc1ncc2c(n1)CN(C(=O)CCc1c(F)cccc1Cl)CC2. The van der Waals surface area contributed by atoms with Gasteiger partial charge in [0.15, 0.2) is 0 Å². The molecule has 7 heteroatoms. The summed E-state index contributed by atoms with van der Waals surface area (Å²) in [6, 6.07) is 4.53. The molecule has 1 aliphatic heterocycles. The van der Waals surface area contributed by atoms with Crippen LogP contribution in [0.25, 0.3) is 0 Å². The topological polar surface area (TPSA) is 72.1 Å². The first-order chi connectivity index (χ1) is 11.0. The molecule has 0 bridgehead atoms. The fraction of sp³-hybridized carbons (Fsp3) is 0.312. The van der Waals surface area contributed by atoms with Crippen LogP contribution in [0, 0.1) is 5.82 Å². The average molecular weight is 335 g/mol. The van der Waals surface area contributed by atoms with E-state index >= 15 is 0 Å². The molecule has 1 aromatic heterocycles. The highest BCUT2D eigenvalue weighted by atomic mass is 35.5. The first-order valence-electron chi connectivity index (χ1n) is 7.35. The molecule has 120 valence electrons. The third-order valence-corrected chi connectivity index (χ3v) is 4.32. The van der Waals surface area contributed by atoms with Gasteiger partial charge >= 0.3 is 0 Å². The van der Waals surface area contributed by atoms with E-state index in [-0.39, 0.29) is 30.5 Å². The Labute approximate surface area is 138 Å². The number of carbonyl (C=O) groups is 1. The molecule has 1 aromatic carbocycles. The van der Waals surface area contributed by atoms with E-state index in [9.17, 15) is 9.18 Å². The molecule has 2 aromatic rings. The molecule has 1 amide bonds. The van der Waals surface area contributed by atoms with E-state index < -0.39 is 0 Å². The molecule has 0 saturated carbocycles. The summed E-state index contributed by atoms with van der Waals surface area (Å²) in [6.07, 6.45) is 2.89. The number of carbonyl (C=O) groups excluding carboxylic acids is 1. The van der Waals surface area contributed by atoms with E-state index in [4.69, 9.17) is 17.3 Å². The Balaban J connectivity index is 1.66. The number of fused-ring (bicyclic) bond motifs is 1. The van der Waals surface area contributed by atoms with Gasteiger partial charge in [0.25, 0.3) is 0 Å². The van der Waals surface area contributed by atoms with Gasteiger partial charge in [-0.05, 0) is 30.5 Å².